The number of hydrogen-bond donors (Lipinski definition) is 10. The van der Waals surface area contributed by atoms with Crippen molar-refractivity contribution in [2.24, 2.45) is 50.2 Å². The fraction of sp³-hybridized carbons (Fsp3) is 0.915. The SMILES string of the molecule is CC1(C)CC[C@]2(C(=O)O[C@@H]3O[C@H](CO)[C@@H](O)[C@H](O)[C@H]3O)CC[C@]3(C)C(=CC[C@@H]4[C@@]5(C)CC[C@H](O[C@@H]6OC(C(=O)O)[C@@H](O[C@@H]7O[C@@H](CO)[C@H](O)[C@H]7O)[C@H](O)[C@H]6O)C(C)(C)[C@@H]5CC[C@]43C)[C@@H]2C1. The van der Waals surface area contributed by atoms with E-state index >= 15 is 0 Å². The molecule has 3 aliphatic heterocycles. The summed E-state index contributed by atoms with van der Waals surface area (Å²) in [7, 11) is 0. The van der Waals surface area contributed by atoms with Crippen LogP contribution in [0.1, 0.15) is 113 Å². The molecule has 18 nitrogen and oxygen atoms in total. The third-order valence-corrected chi connectivity index (χ3v) is 18.9. The van der Waals surface area contributed by atoms with Crippen LogP contribution >= 0.6 is 0 Å². The normalized spacial score (nSPS) is 52.5. The van der Waals surface area contributed by atoms with E-state index in [0.29, 0.717) is 19.3 Å². The van der Waals surface area contributed by atoms with Gasteiger partial charge in [0.2, 0.25) is 6.29 Å². The number of carboxylic acid groups (broad SMARTS) is 1. The second-order valence-electron chi connectivity index (χ2n) is 23.0. The number of carbonyl (C=O) groups excluding carboxylic acids is 1. The van der Waals surface area contributed by atoms with E-state index < -0.39 is 128 Å². The van der Waals surface area contributed by atoms with E-state index in [1.54, 1.807) is 0 Å². The summed E-state index contributed by atoms with van der Waals surface area (Å²) >= 11 is 0. The Morgan fingerprint density at radius 2 is 1.25 bits per heavy atom. The molecule has 7 fully saturated rings. The highest BCUT2D eigenvalue weighted by Crippen LogP contribution is 2.76. The fourth-order valence-electron chi connectivity index (χ4n) is 14.8. The number of fused-ring (bicyclic) bond motifs is 7. The zero-order valence-electron chi connectivity index (χ0n) is 38.7. The molecule has 65 heavy (non-hydrogen) atoms. The highest BCUT2D eigenvalue weighted by Gasteiger charge is 2.70. The number of ether oxygens (including phenoxy) is 6. The van der Waals surface area contributed by atoms with Crippen molar-refractivity contribution in [2.45, 2.75) is 205 Å². The van der Waals surface area contributed by atoms with Crippen LogP contribution in [0, 0.1) is 50.2 Å². The van der Waals surface area contributed by atoms with Crippen molar-refractivity contribution in [3.05, 3.63) is 11.6 Å². The lowest BCUT2D eigenvalue weighted by Crippen LogP contribution is -2.66. The van der Waals surface area contributed by atoms with Gasteiger partial charge in [-0.25, -0.2) is 4.79 Å². The molecule has 4 saturated carbocycles. The summed E-state index contributed by atoms with van der Waals surface area (Å²) in [5.41, 5.74) is -0.800. The Morgan fingerprint density at radius 1 is 0.662 bits per heavy atom. The van der Waals surface area contributed by atoms with E-state index in [1.807, 2.05) is 0 Å². The standard InChI is InChI=1S/C47H74O18/c1-42(2)14-16-47(41(59)65-39-33(55)30(52)28(50)23(19-48)61-39)17-15-45(6)21(22(47)18-42)8-9-26-44(5)12-11-27(43(3,4)25(44)10-13-46(26,45)7)62-40-34(56)31(53)35(36(64-40)37(57)58)63-38-32(54)29(51)24(20-49)60-38/h8,22-36,38-40,48-56H,9-20H2,1-7H3,(H,57,58)/t22-,23+,24-,25-,26+,27-,28+,29-,30-,31+,32+,33+,34+,35-,36?,38-,39-,40+,44-,45+,46+,47-/m0/s1. The molecular formula is C47H74O18. The van der Waals surface area contributed by atoms with E-state index in [2.05, 4.69) is 54.5 Å². The molecular weight excluding hydrogens is 852 g/mol. The number of hydrogen-bond acceptors (Lipinski definition) is 17. The maximum Gasteiger partial charge on any atom is 0.335 e. The lowest BCUT2D eigenvalue weighted by Gasteiger charge is -2.71. The van der Waals surface area contributed by atoms with E-state index in [0.717, 1.165) is 44.9 Å². The number of esters is 1. The van der Waals surface area contributed by atoms with Gasteiger partial charge < -0.3 is 79.5 Å². The second kappa shape index (κ2) is 17.2. The van der Waals surface area contributed by atoms with Crippen LogP contribution in [0.5, 0.6) is 0 Å². The van der Waals surface area contributed by atoms with E-state index in [-0.39, 0.29) is 39.4 Å². The molecule has 8 rings (SSSR count). The van der Waals surface area contributed by atoms with Crippen molar-refractivity contribution in [1.29, 1.82) is 0 Å². The summed E-state index contributed by atoms with van der Waals surface area (Å²) in [5, 5.41) is 104. The molecule has 0 radical (unpaired) electrons. The third-order valence-electron chi connectivity index (χ3n) is 18.9. The molecule has 22 atom stereocenters. The Bertz CT molecular complexity index is 1820. The van der Waals surface area contributed by atoms with E-state index in [9.17, 15) is 60.7 Å². The summed E-state index contributed by atoms with van der Waals surface area (Å²) in [6.45, 7) is 14.6. The lowest BCUT2D eigenvalue weighted by atomic mass is 9.33. The molecule has 0 amide bonds. The van der Waals surface area contributed by atoms with Crippen molar-refractivity contribution in [2.75, 3.05) is 13.2 Å². The molecule has 8 aliphatic rings. The van der Waals surface area contributed by atoms with Crippen LogP contribution in [0.25, 0.3) is 0 Å². The number of aliphatic carboxylic acids is 1. The van der Waals surface area contributed by atoms with Crippen molar-refractivity contribution in [1.82, 2.24) is 0 Å². The van der Waals surface area contributed by atoms with Crippen LogP contribution in [-0.2, 0) is 38.0 Å². The van der Waals surface area contributed by atoms with Gasteiger partial charge in [0.1, 0.15) is 61.0 Å². The van der Waals surface area contributed by atoms with Gasteiger partial charge in [-0.1, -0.05) is 60.1 Å². The van der Waals surface area contributed by atoms with Gasteiger partial charge in [-0.05, 0) is 109 Å². The molecule has 18 heteroatoms. The fourth-order valence-corrected chi connectivity index (χ4v) is 14.8. The number of rotatable bonds is 9. The summed E-state index contributed by atoms with van der Waals surface area (Å²) in [4.78, 5) is 27.2. The quantitative estimate of drug-likeness (QED) is 0.0872. The average Bonchev–Trinajstić information content (AvgIpc) is 3.52. The Kier molecular flexibility index (Phi) is 13.1. The molecule has 0 bridgehead atoms. The molecule has 0 aromatic rings. The maximum absolute atomic E-state index is 14.6. The first kappa shape index (κ1) is 49.5. The minimum absolute atomic E-state index is 0.0645. The van der Waals surface area contributed by atoms with Crippen molar-refractivity contribution < 1.29 is 89.1 Å². The van der Waals surface area contributed by atoms with Gasteiger partial charge in [0.25, 0.3) is 0 Å². The summed E-state index contributed by atoms with van der Waals surface area (Å²) in [6, 6.07) is 0. The molecule has 10 N–H and O–H groups in total. The number of carboxylic acids is 1. The smallest absolute Gasteiger partial charge is 0.335 e. The summed E-state index contributed by atoms with van der Waals surface area (Å²) < 4.78 is 35.0. The van der Waals surface area contributed by atoms with Gasteiger partial charge in [0.15, 0.2) is 18.7 Å². The Morgan fingerprint density at radius 3 is 1.89 bits per heavy atom. The van der Waals surface area contributed by atoms with Crippen LogP contribution in [0.3, 0.4) is 0 Å². The van der Waals surface area contributed by atoms with Crippen LogP contribution in [0.15, 0.2) is 11.6 Å². The average molecular weight is 927 g/mol. The maximum atomic E-state index is 14.6. The summed E-state index contributed by atoms with van der Waals surface area (Å²) in [5.74, 6) is -1.77. The molecule has 0 aromatic carbocycles. The molecule has 0 aromatic heterocycles. The number of allylic oxidation sites excluding steroid dienone is 2. The predicted molar refractivity (Wildman–Crippen MR) is 225 cm³/mol. The van der Waals surface area contributed by atoms with Gasteiger partial charge in [-0.15, -0.1) is 0 Å². The Balaban J connectivity index is 1.01. The molecule has 3 saturated heterocycles. The zero-order chi connectivity index (χ0) is 47.6. The highest BCUT2D eigenvalue weighted by molar-refractivity contribution is 5.79. The molecule has 1 unspecified atom stereocenters. The zero-order valence-corrected chi connectivity index (χ0v) is 38.7. The minimum Gasteiger partial charge on any atom is -0.479 e. The highest BCUT2D eigenvalue weighted by atomic mass is 16.8. The van der Waals surface area contributed by atoms with Gasteiger partial charge in [0.05, 0.1) is 24.7 Å². The molecule has 5 aliphatic carbocycles. The van der Waals surface area contributed by atoms with Crippen molar-refractivity contribution in [3.63, 3.8) is 0 Å². The van der Waals surface area contributed by atoms with Crippen LogP contribution < -0.4 is 0 Å². The molecule has 0 spiro atoms. The lowest BCUT2D eigenvalue weighted by molar-refractivity contribution is -0.342. The van der Waals surface area contributed by atoms with Crippen LogP contribution in [0.4, 0.5) is 0 Å². The van der Waals surface area contributed by atoms with Crippen molar-refractivity contribution >= 4 is 11.9 Å². The Labute approximate surface area is 380 Å². The number of aliphatic hydroxyl groups is 9. The topological polar surface area (TPSA) is 292 Å². The van der Waals surface area contributed by atoms with E-state index in [1.165, 1.54) is 5.57 Å². The minimum atomic E-state index is -1.84. The first-order chi connectivity index (χ1) is 30.3. The molecule has 370 valence electrons. The monoisotopic (exact) mass is 926 g/mol. The first-order valence-corrected chi connectivity index (χ1v) is 23.7. The predicted octanol–water partition coefficient (Wildman–Crippen LogP) is 0.872. The first-order valence-electron chi connectivity index (χ1n) is 23.7. The van der Waals surface area contributed by atoms with Crippen LogP contribution in [0.2, 0.25) is 0 Å². The summed E-state index contributed by atoms with van der Waals surface area (Å²) in [6.07, 6.45) is -13.2. The van der Waals surface area contributed by atoms with E-state index in [4.69, 9.17) is 28.4 Å². The third kappa shape index (κ3) is 7.67. The van der Waals surface area contributed by atoms with Gasteiger partial charge >= 0.3 is 11.9 Å². The van der Waals surface area contributed by atoms with Gasteiger partial charge in [-0.3, -0.25) is 4.79 Å². The second-order valence-corrected chi connectivity index (χ2v) is 23.0. The molecule has 3 heterocycles. The number of carbonyl (C=O) groups is 2. The van der Waals surface area contributed by atoms with Gasteiger partial charge in [0, 0.05) is 0 Å². The number of aliphatic hydroxyl groups excluding tert-OH is 9. The Hall–Kier alpha value is -1.88. The largest absolute Gasteiger partial charge is 0.479 e. The van der Waals surface area contributed by atoms with Gasteiger partial charge in [-0.2, -0.15) is 0 Å². The van der Waals surface area contributed by atoms with Crippen molar-refractivity contribution in [3.8, 4) is 0 Å². The van der Waals surface area contributed by atoms with Crippen LogP contribution in [-0.4, -0.2) is 168 Å².